The number of nitrogen functional groups attached to an aromatic ring is 1. The minimum atomic E-state index is -0.254. The van der Waals surface area contributed by atoms with Gasteiger partial charge >= 0.3 is 0 Å². The summed E-state index contributed by atoms with van der Waals surface area (Å²) < 4.78 is 18.2. The predicted molar refractivity (Wildman–Crippen MR) is 78.0 cm³/mol. The molecule has 0 unspecified atom stereocenters. The molecule has 0 atom stereocenters. The van der Waals surface area contributed by atoms with E-state index in [-0.39, 0.29) is 5.82 Å². The Morgan fingerprint density at radius 1 is 1.35 bits per heavy atom. The number of nitrogens with two attached hydrogens (primary N) is 1. The van der Waals surface area contributed by atoms with Gasteiger partial charge in [-0.2, -0.15) is 4.98 Å². The Kier molecular flexibility index (Phi) is 3.70. The van der Waals surface area contributed by atoms with Crippen LogP contribution in [0.1, 0.15) is 5.82 Å². The molecule has 0 bridgehead atoms. The normalized spacial score (nSPS) is 10.8. The Morgan fingerprint density at radius 2 is 2.25 bits per heavy atom. The van der Waals surface area contributed by atoms with Crippen molar-refractivity contribution in [1.29, 1.82) is 0 Å². The smallest absolute Gasteiger partial charge is 0.270 e. The molecule has 7 heteroatoms. The van der Waals surface area contributed by atoms with Gasteiger partial charge in [0.25, 0.3) is 5.89 Å². The van der Waals surface area contributed by atoms with E-state index in [9.17, 15) is 4.39 Å². The Morgan fingerprint density at radius 3 is 3.00 bits per heavy atom. The number of rotatable bonds is 4. The van der Waals surface area contributed by atoms with Crippen molar-refractivity contribution in [2.24, 2.45) is 0 Å². The van der Waals surface area contributed by atoms with Crippen molar-refractivity contribution in [3.63, 3.8) is 0 Å². The molecule has 0 fully saturated rings. The van der Waals surface area contributed by atoms with E-state index in [1.807, 2.05) is 11.4 Å². The maximum Gasteiger partial charge on any atom is 0.270 e. The highest BCUT2D eigenvalue weighted by molar-refractivity contribution is 7.98. The molecule has 0 amide bonds. The Balaban J connectivity index is 1.70. The zero-order valence-corrected chi connectivity index (χ0v) is 11.9. The second-order valence-electron chi connectivity index (χ2n) is 3.97. The lowest BCUT2D eigenvalue weighted by molar-refractivity contribution is 0.426. The molecule has 0 spiro atoms. The van der Waals surface area contributed by atoms with Crippen LogP contribution in [0.15, 0.2) is 45.1 Å². The second kappa shape index (κ2) is 5.64. The number of hydrogen-bond acceptors (Lipinski definition) is 6. The van der Waals surface area contributed by atoms with Crippen LogP contribution >= 0.6 is 23.1 Å². The van der Waals surface area contributed by atoms with Crippen molar-refractivity contribution in [3.05, 3.63) is 47.4 Å². The van der Waals surface area contributed by atoms with Crippen LogP contribution < -0.4 is 5.73 Å². The number of aromatic nitrogens is 2. The first-order chi connectivity index (χ1) is 9.72. The monoisotopic (exact) mass is 307 g/mol. The van der Waals surface area contributed by atoms with Crippen LogP contribution in [0.3, 0.4) is 0 Å². The highest BCUT2D eigenvalue weighted by Crippen LogP contribution is 2.31. The van der Waals surface area contributed by atoms with Crippen LogP contribution in [0.2, 0.25) is 0 Å². The summed E-state index contributed by atoms with van der Waals surface area (Å²) in [5, 5.41) is 5.77. The maximum atomic E-state index is 13.1. The highest BCUT2D eigenvalue weighted by Gasteiger charge is 2.13. The van der Waals surface area contributed by atoms with Gasteiger partial charge in [0.05, 0.1) is 11.4 Å². The van der Waals surface area contributed by atoms with Crippen LogP contribution in [-0.4, -0.2) is 10.1 Å². The van der Waals surface area contributed by atoms with Crippen molar-refractivity contribution in [3.8, 4) is 10.8 Å². The van der Waals surface area contributed by atoms with Gasteiger partial charge < -0.3 is 10.3 Å². The van der Waals surface area contributed by atoms with Crippen LogP contribution in [0, 0.1) is 5.82 Å². The first kappa shape index (κ1) is 13.1. The van der Waals surface area contributed by atoms with E-state index >= 15 is 0 Å². The minimum Gasteiger partial charge on any atom is -0.397 e. The third kappa shape index (κ3) is 2.83. The van der Waals surface area contributed by atoms with Gasteiger partial charge in [0.1, 0.15) is 10.7 Å². The fourth-order valence-corrected chi connectivity index (χ4v) is 3.12. The summed E-state index contributed by atoms with van der Waals surface area (Å²) in [5.41, 5.74) is 6.43. The van der Waals surface area contributed by atoms with Crippen LogP contribution in [-0.2, 0) is 5.75 Å². The first-order valence-corrected chi connectivity index (χ1v) is 7.63. The number of benzene rings is 1. The second-order valence-corrected chi connectivity index (χ2v) is 5.93. The van der Waals surface area contributed by atoms with Crippen molar-refractivity contribution in [2.45, 2.75) is 10.6 Å². The van der Waals surface area contributed by atoms with Gasteiger partial charge in [0.15, 0.2) is 5.82 Å². The molecule has 0 aliphatic rings. The van der Waals surface area contributed by atoms with Crippen LogP contribution in [0.4, 0.5) is 10.1 Å². The molecule has 3 rings (SSSR count). The van der Waals surface area contributed by atoms with E-state index in [4.69, 9.17) is 10.3 Å². The predicted octanol–water partition coefficient (Wildman–Crippen LogP) is 3.81. The third-order valence-corrected chi connectivity index (χ3v) is 4.43. The Bertz CT molecular complexity index is 726. The minimum absolute atomic E-state index is 0.254. The summed E-state index contributed by atoms with van der Waals surface area (Å²) in [6.45, 7) is 0. The quantitative estimate of drug-likeness (QED) is 0.742. The lowest BCUT2D eigenvalue weighted by Crippen LogP contribution is -1.86. The molecule has 2 heterocycles. The number of halogens is 1. The SMILES string of the molecule is Nc1ccsc1-c1nc(CSc2cccc(F)c2)no1. The molecule has 3 aromatic rings. The molecule has 0 saturated carbocycles. The zero-order chi connectivity index (χ0) is 13.9. The Labute approximate surface area is 122 Å². The first-order valence-electron chi connectivity index (χ1n) is 5.76. The van der Waals surface area contributed by atoms with Gasteiger partial charge in [-0.05, 0) is 29.6 Å². The summed E-state index contributed by atoms with van der Waals surface area (Å²) in [4.78, 5) is 5.89. The van der Waals surface area contributed by atoms with Crippen molar-refractivity contribution >= 4 is 28.8 Å². The van der Waals surface area contributed by atoms with E-state index in [1.54, 1.807) is 12.1 Å². The van der Waals surface area contributed by atoms with Crippen molar-refractivity contribution < 1.29 is 8.91 Å². The highest BCUT2D eigenvalue weighted by atomic mass is 32.2. The summed E-state index contributed by atoms with van der Waals surface area (Å²) in [5.74, 6) is 1.24. The lowest BCUT2D eigenvalue weighted by Gasteiger charge is -1.97. The van der Waals surface area contributed by atoms with Crippen LogP contribution in [0.25, 0.3) is 10.8 Å². The molecule has 20 heavy (non-hydrogen) atoms. The number of hydrogen-bond donors (Lipinski definition) is 1. The fourth-order valence-electron chi connectivity index (χ4n) is 1.60. The van der Waals surface area contributed by atoms with Crippen molar-refractivity contribution in [1.82, 2.24) is 10.1 Å². The molecular weight excluding hydrogens is 297 g/mol. The summed E-state index contributed by atoms with van der Waals surface area (Å²) in [7, 11) is 0. The molecule has 0 saturated heterocycles. The standard InChI is InChI=1S/C13H10FN3OS2/c14-8-2-1-3-9(6-8)20-7-11-16-13(18-17-11)12-10(15)4-5-19-12/h1-6H,7,15H2. The average molecular weight is 307 g/mol. The average Bonchev–Trinajstić information content (AvgIpc) is 3.05. The molecule has 2 N–H and O–H groups in total. The molecular formula is C13H10FN3OS2. The number of anilines is 1. The van der Waals surface area contributed by atoms with Gasteiger partial charge in [-0.15, -0.1) is 23.1 Å². The maximum absolute atomic E-state index is 13.1. The van der Waals surface area contributed by atoms with Gasteiger partial charge in [-0.25, -0.2) is 4.39 Å². The van der Waals surface area contributed by atoms with Gasteiger partial charge in [-0.1, -0.05) is 11.2 Å². The van der Waals surface area contributed by atoms with E-state index in [0.717, 1.165) is 9.77 Å². The number of thioether (sulfide) groups is 1. The molecule has 1 aromatic carbocycles. The van der Waals surface area contributed by atoms with E-state index in [0.29, 0.717) is 23.2 Å². The van der Waals surface area contributed by atoms with Gasteiger partial charge in [-0.3, -0.25) is 0 Å². The molecule has 4 nitrogen and oxygen atoms in total. The lowest BCUT2D eigenvalue weighted by atomic mass is 10.4. The largest absolute Gasteiger partial charge is 0.397 e. The van der Waals surface area contributed by atoms with Crippen LogP contribution in [0.5, 0.6) is 0 Å². The molecule has 102 valence electrons. The van der Waals surface area contributed by atoms with E-state index < -0.39 is 0 Å². The summed E-state index contributed by atoms with van der Waals surface area (Å²) in [6.07, 6.45) is 0. The third-order valence-electron chi connectivity index (χ3n) is 2.52. The van der Waals surface area contributed by atoms with E-state index in [2.05, 4.69) is 10.1 Å². The summed E-state index contributed by atoms with van der Waals surface area (Å²) in [6, 6.07) is 8.20. The summed E-state index contributed by atoms with van der Waals surface area (Å²) >= 11 is 2.90. The van der Waals surface area contributed by atoms with Gasteiger partial charge in [0.2, 0.25) is 0 Å². The number of nitrogens with zero attached hydrogens (tertiary/aromatic N) is 2. The van der Waals surface area contributed by atoms with E-state index in [1.165, 1.54) is 35.2 Å². The molecule has 0 aliphatic heterocycles. The topological polar surface area (TPSA) is 64.9 Å². The van der Waals surface area contributed by atoms with Crippen molar-refractivity contribution in [2.75, 3.05) is 5.73 Å². The van der Waals surface area contributed by atoms with Gasteiger partial charge in [0, 0.05) is 4.90 Å². The number of thiophene rings is 1. The molecule has 0 radical (unpaired) electrons. The molecule has 0 aliphatic carbocycles. The molecule has 2 aromatic heterocycles. The fraction of sp³-hybridized carbons (Fsp3) is 0.0769. The zero-order valence-electron chi connectivity index (χ0n) is 10.2. The Hall–Kier alpha value is -1.86.